The molecule has 1 aromatic rings. The average molecular weight is 250 g/mol. The summed E-state index contributed by atoms with van der Waals surface area (Å²) in [6.45, 7) is 1.43. The van der Waals surface area contributed by atoms with Crippen molar-refractivity contribution in [3.05, 3.63) is 41.7 Å². The molecule has 2 rings (SSSR count). The Morgan fingerprint density at radius 3 is 2.83 bits per heavy atom. The second-order valence-electron chi connectivity index (χ2n) is 3.81. The Bertz CT molecular complexity index is 540. The fourth-order valence-corrected chi connectivity index (χ4v) is 1.64. The molecule has 0 spiro atoms. The molecule has 1 atom stereocenters. The largest absolute Gasteiger partial charge is 0.501 e. The quantitative estimate of drug-likeness (QED) is 0.719. The Balaban J connectivity index is 2.36. The molecule has 1 aliphatic heterocycles. The van der Waals surface area contributed by atoms with Gasteiger partial charge in [0.05, 0.1) is 0 Å². The summed E-state index contributed by atoms with van der Waals surface area (Å²) in [7, 11) is 0. The number of ketones is 1. The third-order valence-corrected chi connectivity index (χ3v) is 2.60. The predicted molar refractivity (Wildman–Crippen MR) is 58.5 cm³/mol. The number of pyridine rings is 1. The lowest BCUT2D eigenvalue weighted by molar-refractivity contribution is -0.131. The van der Waals surface area contributed by atoms with E-state index in [0.717, 1.165) is 0 Å². The standard InChI is InChI=1S/C11H10N2O5/c1-11(6-3-2-4-12-5-6)8(15)7(14)9(18-11)13-10(16)17/h2-5,13-14H,1H3,(H,16,17). The Morgan fingerprint density at radius 1 is 1.56 bits per heavy atom. The number of aromatic nitrogens is 1. The maximum atomic E-state index is 11.9. The Morgan fingerprint density at radius 2 is 2.28 bits per heavy atom. The molecular weight excluding hydrogens is 240 g/mol. The zero-order valence-corrected chi connectivity index (χ0v) is 9.38. The van der Waals surface area contributed by atoms with Gasteiger partial charge in [0.1, 0.15) is 0 Å². The van der Waals surface area contributed by atoms with Gasteiger partial charge in [-0.15, -0.1) is 0 Å². The van der Waals surface area contributed by atoms with Gasteiger partial charge in [0.15, 0.2) is 0 Å². The van der Waals surface area contributed by atoms with Gasteiger partial charge in [-0.3, -0.25) is 15.1 Å². The van der Waals surface area contributed by atoms with Crippen LogP contribution in [-0.2, 0) is 15.1 Å². The fourth-order valence-electron chi connectivity index (χ4n) is 1.64. The minimum atomic E-state index is -1.48. The molecule has 0 aliphatic carbocycles. The first-order valence-electron chi connectivity index (χ1n) is 5.02. The van der Waals surface area contributed by atoms with Gasteiger partial charge in [-0.05, 0) is 13.0 Å². The van der Waals surface area contributed by atoms with Crippen molar-refractivity contribution in [2.75, 3.05) is 0 Å². The highest BCUT2D eigenvalue weighted by molar-refractivity contribution is 6.02. The van der Waals surface area contributed by atoms with E-state index in [1.807, 2.05) is 5.32 Å². The van der Waals surface area contributed by atoms with Gasteiger partial charge < -0.3 is 14.9 Å². The highest BCUT2D eigenvalue weighted by Gasteiger charge is 2.48. The normalized spacial score (nSPS) is 22.8. The zero-order valence-electron chi connectivity index (χ0n) is 9.38. The van der Waals surface area contributed by atoms with Gasteiger partial charge in [-0.2, -0.15) is 0 Å². The number of ether oxygens (including phenoxy) is 1. The molecule has 1 unspecified atom stereocenters. The number of nitrogens with zero attached hydrogens (tertiary/aromatic N) is 1. The number of hydrogen-bond donors (Lipinski definition) is 3. The number of Topliss-reactive ketones (excluding diaryl/α,β-unsaturated/α-hetero) is 1. The summed E-state index contributed by atoms with van der Waals surface area (Å²) in [6.07, 6.45) is 1.50. The molecule has 94 valence electrons. The van der Waals surface area contributed by atoms with Crippen molar-refractivity contribution in [3.8, 4) is 0 Å². The number of aliphatic hydroxyl groups is 1. The average Bonchev–Trinajstić information content (AvgIpc) is 2.56. The van der Waals surface area contributed by atoms with Crippen LogP contribution in [0.15, 0.2) is 36.2 Å². The van der Waals surface area contributed by atoms with Gasteiger partial charge in [0.2, 0.25) is 17.2 Å². The highest BCUT2D eigenvalue weighted by atomic mass is 16.5. The van der Waals surface area contributed by atoms with Crippen molar-refractivity contribution >= 4 is 11.9 Å². The van der Waals surface area contributed by atoms with Gasteiger partial charge in [0, 0.05) is 18.0 Å². The molecule has 0 saturated heterocycles. The van der Waals surface area contributed by atoms with Crippen LogP contribution in [0, 0.1) is 0 Å². The van der Waals surface area contributed by atoms with Crippen LogP contribution in [0.5, 0.6) is 0 Å². The first kappa shape index (κ1) is 11.9. The third kappa shape index (κ3) is 1.75. The predicted octanol–water partition coefficient (Wildman–Crippen LogP) is 0.891. The molecule has 1 amide bonds. The zero-order chi connectivity index (χ0) is 13.3. The summed E-state index contributed by atoms with van der Waals surface area (Å²) in [6, 6.07) is 3.21. The lowest BCUT2D eigenvalue weighted by Crippen LogP contribution is -2.32. The van der Waals surface area contributed by atoms with E-state index in [1.165, 1.54) is 19.3 Å². The maximum absolute atomic E-state index is 11.9. The first-order chi connectivity index (χ1) is 8.45. The molecule has 7 heteroatoms. The monoisotopic (exact) mass is 250 g/mol. The molecule has 0 saturated carbocycles. The van der Waals surface area contributed by atoms with E-state index < -0.39 is 29.1 Å². The number of nitrogens with one attached hydrogen (secondary N) is 1. The number of aliphatic hydroxyl groups excluding tert-OH is 1. The van der Waals surface area contributed by atoms with Gasteiger partial charge in [-0.1, -0.05) is 6.07 Å². The number of carboxylic acid groups (broad SMARTS) is 1. The van der Waals surface area contributed by atoms with Crippen molar-refractivity contribution < 1.29 is 24.5 Å². The molecular formula is C11H10N2O5. The van der Waals surface area contributed by atoms with Crippen LogP contribution in [0.2, 0.25) is 0 Å². The second kappa shape index (κ2) is 4.02. The minimum absolute atomic E-state index is 0.420. The van der Waals surface area contributed by atoms with Crippen LogP contribution >= 0.6 is 0 Å². The van der Waals surface area contributed by atoms with Crippen molar-refractivity contribution in [1.29, 1.82) is 0 Å². The summed E-state index contributed by atoms with van der Waals surface area (Å²) in [5, 5.41) is 20.0. The van der Waals surface area contributed by atoms with Crippen LogP contribution in [-0.4, -0.2) is 27.1 Å². The lowest BCUT2D eigenvalue weighted by atomic mass is 9.93. The summed E-state index contributed by atoms with van der Waals surface area (Å²) in [4.78, 5) is 26.3. The molecule has 3 N–H and O–H groups in total. The smallest absolute Gasteiger partial charge is 0.411 e. The summed E-state index contributed by atoms with van der Waals surface area (Å²) in [5.41, 5.74) is -1.06. The van der Waals surface area contributed by atoms with Gasteiger partial charge in [-0.25, -0.2) is 4.79 Å². The lowest BCUT2D eigenvalue weighted by Gasteiger charge is -2.22. The van der Waals surface area contributed by atoms with Crippen LogP contribution in [0.3, 0.4) is 0 Å². The van der Waals surface area contributed by atoms with E-state index in [4.69, 9.17) is 9.84 Å². The fraction of sp³-hybridized carbons (Fsp3) is 0.182. The van der Waals surface area contributed by atoms with Crippen LogP contribution in [0.25, 0.3) is 0 Å². The summed E-state index contributed by atoms with van der Waals surface area (Å²) >= 11 is 0. The van der Waals surface area contributed by atoms with Crippen molar-refractivity contribution in [2.45, 2.75) is 12.5 Å². The van der Waals surface area contributed by atoms with Crippen LogP contribution in [0.4, 0.5) is 4.79 Å². The molecule has 0 radical (unpaired) electrons. The third-order valence-electron chi connectivity index (χ3n) is 2.60. The molecule has 0 bridgehead atoms. The SMILES string of the molecule is CC1(c2cccnc2)OC(NC(=O)O)=C(O)C1=O. The first-order valence-corrected chi connectivity index (χ1v) is 5.02. The number of amides is 1. The summed E-state index contributed by atoms with van der Waals surface area (Å²) in [5.74, 6) is -1.94. The molecule has 2 heterocycles. The van der Waals surface area contributed by atoms with Gasteiger partial charge >= 0.3 is 6.09 Å². The van der Waals surface area contributed by atoms with E-state index in [-0.39, 0.29) is 0 Å². The van der Waals surface area contributed by atoms with E-state index in [2.05, 4.69) is 4.98 Å². The van der Waals surface area contributed by atoms with E-state index >= 15 is 0 Å². The Hall–Kier alpha value is -2.57. The molecule has 0 aromatic carbocycles. The van der Waals surface area contributed by atoms with Crippen LogP contribution in [0.1, 0.15) is 12.5 Å². The number of hydrogen-bond acceptors (Lipinski definition) is 5. The van der Waals surface area contributed by atoms with Crippen molar-refractivity contribution in [3.63, 3.8) is 0 Å². The second-order valence-corrected chi connectivity index (χ2v) is 3.81. The van der Waals surface area contributed by atoms with Crippen molar-refractivity contribution in [1.82, 2.24) is 10.3 Å². The van der Waals surface area contributed by atoms with E-state index in [1.54, 1.807) is 12.1 Å². The number of carbonyl (C=O) groups excluding carboxylic acids is 1. The molecule has 1 aliphatic rings. The van der Waals surface area contributed by atoms with E-state index in [0.29, 0.717) is 5.56 Å². The van der Waals surface area contributed by atoms with Crippen molar-refractivity contribution in [2.24, 2.45) is 0 Å². The van der Waals surface area contributed by atoms with Gasteiger partial charge in [0.25, 0.3) is 5.78 Å². The Labute approximate surface area is 102 Å². The number of carbonyl (C=O) groups is 2. The maximum Gasteiger partial charge on any atom is 0.411 e. The molecule has 7 nitrogen and oxygen atoms in total. The molecule has 1 aromatic heterocycles. The summed E-state index contributed by atoms with van der Waals surface area (Å²) < 4.78 is 5.22. The topological polar surface area (TPSA) is 109 Å². The minimum Gasteiger partial charge on any atom is -0.501 e. The Kier molecular flexibility index (Phi) is 2.66. The molecule has 18 heavy (non-hydrogen) atoms. The number of rotatable bonds is 2. The van der Waals surface area contributed by atoms with E-state index in [9.17, 15) is 14.7 Å². The van der Waals surface area contributed by atoms with Crippen LogP contribution < -0.4 is 5.32 Å². The molecule has 0 fully saturated rings. The highest BCUT2D eigenvalue weighted by Crippen LogP contribution is 2.36.